The van der Waals surface area contributed by atoms with Crippen molar-refractivity contribution in [3.05, 3.63) is 34.3 Å². The van der Waals surface area contributed by atoms with Gasteiger partial charge in [-0.15, -0.1) is 0 Å². The van der Waals surface area contributed by atoms with Gasteiger partial charge in [0.25, 0.3) is 0 Å². The number of aryl methyl sites for hydroxylation is 2. The Bertz CT molecular complexity index is 767. The Kier molecular flexibility index (Phi) is 4.54. The Morgan fingerprint density at radius 1 is 1.29 bits per heavy atom. The number of nitrogens with one attached hydrogen (secondary N) is 1. The summed E-state index contributed by atoms with van der Waals surface area (Å²) in [5.74, 6) is 0.724. The standard InChI is InChI=1S/C14H17F3N6O/c15-14(16,17)10-5-7-19-12(20-10)18-6-3-9-23-13(24)22-8-2-1-4-11(22)21-23/h5,7H,1-4,6,8-9H2,(H,18,19,20). The quantitative estimate of drug-likeness (QED) is 0.837. The molecule has 0 spiro atoms. The van der Waals surface area contributed by atoms with Gasteiger partial charge in [0.05, 0.1) is 0 Å². The number of fused-ring (bicyclic) bond motifs is 1. The molecule has 1 N–H and O–H groups in total. The third-order valence-corrected chi connectivity index (χ3v) is 3.81. The Hall–Kier alpha value is -2.39. The summed E-state index contributed by atoms with van der Waals surface area (Å²) in [7, 11) is 0. The molecule has 0 unspecified atom stereocenters. The zero-order valence-electron chi connectivity index (χ0n) is 12.9. The van der Waals surface area contributed by atoms with Gasteiger partial charge in [-0.2, -0.15) is 18.3 Å². The van der Waals surface area contributed by atoms with E-state index in [0.717, 1.165) is 37.4 Å². The van der Waals surface area contributed by atoms with Crippen LogP contribution in [-0.2, 0) is 25.7 Å². The topological polar surface area (TPSA) is 77.6 Å². The van der Waals surface area contributed by atoms with Crippen molar-refractivity contribution < 1.29 is 13.2 Å². The van der Waals surface area contributed by atoms with Crippen LogP contribution in [0.3, 0.4) is 0 Å². The van der Waals surface area contributed by atoms with Gasteiger partial charge in [-0.05, 0) is 25.3 Å². The first-order valence-corrected chi connectivity index (χ1v) is 7.76. The van der Waals surface area contributed by atoms with Crippen molar-refractivity contribution in [1.82, 2.24) is 24.3 Å². The summed E-state index contributed by atoms with van der Waals surface area (Å²) in [5, 5.41) is 7.04. The van der Waals surface area contributed by atoms with E-state index in [1.807, 2.05) is 0 Å². The van der Waals surface area contributed by atoms with Crippen molar-refractivity contribution >= 4 is 5.95 Å². The molecule has 7 nitrogen and oxygen atoms in total. The lowest BCUT2D eigenvalue weighted by Gasteiger charge is -2.09. The summed E-state index contributed by atoms with van der Waals surface area (Å²) in [6, 6.07) is 0.820. The third-order valence-electron chi connectivity index (χ3n) is 3.81. The molecule has 0 saturated carbocycles. The van der Waals surface area contributed by atoms with Gasteiger partial charge in [0.2, 0.25) is 5.95 Å². The SMILES string of the molecule is O=c1n(CCCNc2nccc(C(F)(F)F)n2)nc2n1CCCC2. The molecular formula is C14H17F3N6O. The van der Waals surface area contributed by atoms with Crippen molar-refractivity contribution in [1.29, 1.82) is 0 Å². The predicted octanol–water partition coefficient (Wildman–Crippen LogP) is 1.69. The molecule has 0 aliphatic carbocycles. The zero-order chi connectivity index (χ0) is 17.2. The molecule has 3 rings (SSSR count). The van der Waals surface area contributed by atoms with E-state index in [1.165, 1.54) is 4.68 Å². The van der Waals surface area contributed by atoms with Gasteiger partial charge in [-0.25, -0.2) is 19.4 Å². The molecule has 24 heavy (non-hydrogen) atoms. The number of hydrogen-bond donors (Lipinski definition) is 1. The maximum Gasteiger partial charge on any atom is 0.433 e. The monoisotopic (exact) mass is 342 g/mol. The maximum atomic E-state index is 12.6. The average Bonchev–Trinajstić information content (AvgIpc) is 2.88. The van der Waals surface area contributed by atoms with E-state index in [2.05, 4.69) is 20.4 Å². The first-order chi connectivity index (χ1) is 11.4. The van der Waals surface area contributed by atoms with E-state index < -0.39 is 11.9 Å². The van der Waals surface area contributed by atoms with Crippen LogP contribution in [-0.4, -0.2) is 30.9 Å². The molecule has 0 saturated heterocycles. The largest absolute Gasteiger partial charge is 0.433 e. The molecule has 1 aliphatic rings. The summed E-state index contributed by atoms with van der Waals surface area (Å²) in [6.07, 6.45) is -0.0965. The number of hydrogen-bond acceptors (Lipinski definition) is 5. The van der Waals surface area contributed by atoms with Gasteiger partial charge < -0.3 is 5.32 Å². The van der Waals surface area contributed by atoms with E-state index >= 15 is 0 Å². The molecule has 10 heteroatoms. The second-order valence-electron chi connectivity index (χ2n) is 5.57. The van der Waals surface area contributed by atoms with Gasteiger partial charge in [-0.1, -0.05) is 0 Å². The van der Waals surface area contributed by atoms with Crippen molar-refractivity contribution in [3.63, 3.8) is 0 Å². The van der Waals surface area contributed by atoms with Crippen molar-refractivity contribution in [2.45, 2.75) is 44.9 Å². The van der Waals surface area contributed by atoms with Crippen molar-refractivity contribution in [2.24, 2.45) is 0 Å². The van der Waals surface area contributed by atoms with Crippen molar-refractivity contribution in [3.8, 4) is 0 Å². The van der Waals surface area contributed by atoms with Gasteiger partial charge >= 0.3 is 11.9 Å². The average molecular weight is 342 g/mol. The Morgan fingerprint density at radius 2 is 2.12 bits per heavy atom. The highest BCUT2D eigenvalue weighted by Crippen LogP contribution is 2.27. The first-order valence-electron chi connectivity index (χ1n) is 7.76. The van der Waals surface area contributed by atoms with Gasteiger partial charge in [-0.3, -0.25) is 4.57 Å². The molecule has 0 radical (unpaired) electrons. The lowest BCUT2D eigenvalue weighted by Crippen LogP contribution is -2.27. The summed E-state index contributed by atoms with van der Waals surface area (Å²) < 4.78 is 40.8. The number of nitrogens with zero attached hydrogens (tertiary/aromatic N) is 5. The number of rotatable bonds is 5. The molecule has 2 aromatic rings. The van der Waals surface area contributed by atoms with E-state index in [1.54, 1.807) is 4.57 Å². The molecule has 0 amide bonds. The number of anilines is 1. The third kappa shape index (κ3) is 3.57. The summed E-state index contributed by atoms with van der Waals surface area (Å²) >= 11 is 0. The van der Waals surface area contributed by atoms with Gasteiger partial charge in [0, 0.05) is 32.3 Å². The molecule has 0 aromatic carbocycles. The molecule has 0 atom stereocenters. The van der Waals surface area contributed by atoms with Crippen LogP contribution in [0.1, 0.15) is 30.8 Å². The molecule has 0 fully saturated rings. The Labute approximate surface area is 135 Å². The first kappa shape index (κ1) is 16.5. The highest BCUT2D eigenvalue weighted by atomic mass is 19.4. The van der Waals surface area contributed by atoms with Crippen LogP contribution in [0.5, 0.6) is 0 Å². The molecule has 130 valence electrons. The fraction of sp³-hybridized carbons (Fsp3) is 0.571. The second-order valence-corrected chi connectivity index (χ2v) is 5.57. The number of aromatic nitrogens is 5. The highest BCUT2D eigenvalue weighted by molar-refractivity contribution is 5.25. The van der Waals surface area contributed by atoms with Crippen LogP contribution in [0.25, 0.3) is 0 Å². The fourth-order valence-electron chi connectivity index (χ4n) is 2.62. The number of alkyl halides is 3. The van der Waals surface area contributed by atoms with Crippen LogP contribution in [0.2, 0.25) is 0 Å². The van der Waals surface area contributed by atoms with Crippen molar-refractivity contribution in [2.75, 3.05) is 11.9 Å². The van der Waals surface area contributed by atoms with Gasteiger partial charge in [0.15, 0.2) is 0 Å². The summed E-state index contributed by atoms with van der Waals surface area (Å²) in [6.45, 7) is 1.44. The smallest absolute Gasteiger partial charge is 0.354 e. The maximum absolute atomic E-state index is 12.6. The van der Waals surface area contributed by atoms with Crippen LogP contribution in [0.4, 0.5) is 19.1 Å². The summed E-state index contributed by atoms with van der Waals surface area (Å²) in [4.78, 5) is 19.3. The van der Waals surface area contributed by atoms with E-state index in [4.69, 9.17) is 0 Å². The minimum absolute atomic E-state index is 0.0821. The van der Waals surface area contributed by atoms with Crippen LogP contribution >= 0.6 is 0 Å². The molecule has 1 aliphatic heterocycles. The molecule has 2 aromatic heterocycles. The fourth-order valence-corrected chi connectivity index (χ4v) is 2.62. The van der Waals surface area contributed by atoms with Crippen LogP contribution < -0.4 is 11.0 Å². The lowest BCUT2D eigenvalue weighted by molar-refractivity contribution is -0.141. The second kappa shape index (κ2) is 6.62. The van der Waals surface area contributed by atoms with E-state index in [9.17, 15) is 18.0 Å². The Morgan fingerprint density at radius 3 is 2.88 bits per heavy atom. The Balaban J connectivity index is 1.55. The molecular weight excluding hydrogens is 325 g/mol. The molecule has 0 bridgehead atoms. The zero-order valence-corrected chi connectivity index (χ0v) is 12.9. The minimum atomic E-state index is -4.50. The van der Waals surface area contributed by atoms with E-state index in [-0.39, 0.29) is 11.6 Å². The lowest BCUT2D eigenvalue weighted by atomic mass is 10.2. The summed E-state index contributed by atoms with van der Waals surface area (Å²) in [5.41, 5.74) is -1.11. The van der Waals surface area contributed by atoms with E-state index in [0.29, 0.717) is 26.1 Å². The number of halogens is 3. The van der Waals surface area contributed by atoms with Crippen LogP contribution in [0, 0.1) is 0 Å². The minimum Gasteiger partial charge on any atom is -0.354 e. The highest BCUT2D eigenvalue weighted by Gasteiger charge is 2.32. The predicted molar refractivity (Wildman–Crippen MR) is 79.6 cm³/mol. The normalized spacial score (nSPS) is 14.5. The van der Waals surface area contributed by atoms with Crippen LogP contribution in [0.15, 0.2) is 17.1 Å². The van der Waals surface area contributed by atoms with Gasteiger partial charge in [0.1, 0.15) is 11.5 Å². The molecule has 3 heterocycles.